The van der Waals surface area contributed by atoms with Gasteiger partial charge in [0, 0.05) is 38.4 Å². The molecule has 1 amide bonds. The maximum absolute atomic E-state index is 13.2. The van der Waals surface area contributed by atoms with E-state index in [-0.39, 0.29) is 44.0 Å². The van der Waals surface area contributed by atoms with Crippen molar-refractivity contribution < 1.29 is 33.0 Å². The molecule has 1 fully saturated rings. The van der Waals surface area contributed by atoms with E-state index >= 15 is 0 Å². The van der Waals surface area contributed by atoms with E-state index in [9.17, 15) is 22.8 Å². The first-order valence-corrected chi connectivity index (χ1v) is 7.02. The fourth-order valence-corrected chi connectivity index (χ4v) is 2.58. The van der Waals surface area contributed by atoms with E-state index in [1.807, 2.05) is 0 Å². The summed E-state index contributed by atoms with van der Waals surface area (Å²) in [5, 5.41) is 17.8. The molecule has 1 aliphatic heterocycles. The van der Waals surface area contributed by atoms with Gasteiger partial charge in [-0.2, -0.15) is 13.2 Å². The summed E-state index contributed by atoms with van der Waals surface area (Å²) in [6, 6.07) is 1.57. The molecule has 0 saturated carbocycles. The number of amides is 1. The fraction of sp³-hybridized carbons (Fsp3) is 0.429. The number of nitrogen functional groups attached to an aromatic ring is 1. The molecule has 0 spiro atoms. The topological polar surface area (TPSA) is 107 Å². The predicted octanol–water partition coefficient (Wildman–Crippen LogP) is 1.78. The second-order valence-electron chi connectivity index (χ2n) is 5.45. The highest BCUT2D eigenvalue weighted by Gasteiger charge is 2.35. The number of halogens is 3. The number of rotatable bonds is 3. The van der Waals surface area contributed by atoms with Crippen molar-refractivity contribution in [2.75, 3.05) is 31.9 Å². The molecular formula is C14H16F3N3O4. The number of hydrogen-bond donors (Lipinski definition) is 3. The lowest BCUT2D eigenvalue weighted by atomic mass is 10.0. The average Bonchev–Trinajstić information content (AvgIpc) is 2.46. The van der Waals surface area contributed by atoms with E-state index in [0.29, 0.717) is 6.07 Å². The number of nitrogens with zero attached hydrogens (tertiary/aromatic N) is 2. The normalized spacial score (nSPS) is 16.2. The highest BCUT2D eigenvalue weighted by atomic mass is 19.4. The molecule has 0 atom stereocenters. The fourth-order valence-electron chi connectivity index (χ4n) is 2.58. The van der Waals surface area contributed by atoms with Gasteiger partial charge >= 0.3 is 18.2 Å². The molecule has 0 bridgehead atoms. The van der Waals surface area contributed by atoms with Gasteiger partial charge in [0.25, 0.3) is 0 Å². The Morgan fingerprint density at radius 3 is 2.17 bits per heavy atom. The zero-order chi connectivity index (χ0) is 18.1. The van der Waals surface area contributed by atoms with Gasteiger partial charge in [-0.15, -0.1) is 0 Å². The summed E-state index contributed by atoms with van der Waals surface area (Å²) < 4.78 is 39.6. The third-order valence-corrected chi connectivity index (χ3v) is 3.85. The van der Waals surface area contributed by atoms with Crippen LogP contribution < -0.4 is 5.73 Å². The van der Waals surface area contributed by atoms with E-state index in [4.69, 9.17) is 15.9 Å². The summed E-state index contributed by atoms with van der Waals surface area (Å²) >= 11 is 0. The van der Waals surface area contributed by atoms with E-state index in [1.54, 1.807) is 4.90 Å². The summed E-state index contributed by atoms with van der Waals surface area (Å²) in [5.41, 5.74) is 3.53. The van der Waals surface area contributed by atoms with Gasteiger partial charge in [0.15, 0.2) is 0 Å². The molecule has 0 radical (unpaired) electrons. The van der Waals surface area contributed by atoms with Crippen LogP contribution in [0.1, 0.15) is 21.5 Å². The van der Waals surface area contributed by atoms with E-state index in [1.165, 1.54) is 4.90 Å². The Kier molecular flexibility index (Phi) is 4.88. The highest BCUT2D eigenvalue weighted by molar-refractivity contribution is 5.94. The molecule has 0 aliphatic carbocycles. The molecule has 132 valence electrons. The zero-order valence-corrected chi connectivity index (χ0v) is 12.5. The standard InChI is InChI=1S/C14H16F3N3O4/c15-14(16,17)10-6-9(12(21)22)11(18)5-8(10)7-19-1-3-20(4-2-19)13(23)24/h5-6H,1-4,7,18H2,(H,21,22)(H,23,24). The summed E-state index contributed by atoms with van der Waals surface area (Å²) in [5.74, 6) is -1.53. The summed E-state index contributed by atoms with van der Waals surface area (Å²) in [7, 11) is 0. The van der Waals surface area contributed by atoms with Crippen LogP contribution in [0.4, 0.5) is 23.7 Å². The van der Waals surface area contributed by atoms with Crippen LogP contribution in [-0.4, -0.2) is 58.3 Å². The molecule has 4 N–H and O–H groups in total. The Labute approximate surface area is 135 Å². The number of carboxylic acid groups (broad SMARTS) is 2. The first kappa shape index (κ1) is 17.9. The van der Waals surface area contributed by atoms with Crippen LogP contribution in [0.25, 0.3) is 0 Å². The lowest BCUT2D eigenvalue weighted by Crippen LogP contribution is -2.47. The lowest BCUT2D eigenvalue weighted by Gasteiger charge is -2.33. The second kappa shape index (κ2) is 6.56. The second-order valence-corrected chi connectivity index (χ2v) is 5.45. The van der Waals surface area contributed by atoms with Crippen molar-refractivity contribution in [2.45, 2.75) is 12.7 Å². The summed E-state index contributed by atoms with van der Waals surface area (Å²) in [4.78, 5) is 24.7. The third kappa shape index (κ3) is 3.88. The molecule has 1 aliphatic rings. The molecule has 24 heavy (non-hydrogen) atoms. The molecular weight excluding hydrogens is 331 g/mol. The number of alkyl halides is 3. The number of anilines is 1. The van der Waals surface area contributed by atoms with Crippen molar-refractivity contribution in [3.63, 3.8) is 0 Å². The zero-order valence-electron chi connectivity index (χ0n) is 12.5. The molecule has 7 nitrogen and oxygen atoms in total. The number of piperazine rings is 1. The van der Waals surface area contributed by atoms with Crippen molar-refractivity contribution in [1.82, 2.24) is 9.80 Å². The molecule has 2 rings (SSSR count). The molecule has 0 unspecified atom stereocenters. The molecule has 1 aromatic rings. The quantitative estimate of drug-likeness (QED) is 0.720. The van der Waals surface area contributed by atoms with Gasteiger partial charge in [0.05, 0.1) is 11.1 Å². The van der Waals surface area contributed by atoms with Gasteiger partial charge in [-0.1, -0.05) is 0 Å². The minimum atomic E-state index is -4.71. The van der Waals surface area contributed by atoms with Crippen LogP contribution in [0.2, 0.25) is 0 Å². The van der Waals surface area contributed by atoms with Crippen LogP contribution in [0.5, 0.6) is 0 Å². The van der Waals surface area contributed by atoms with Crippen molar-refractivity contribution in [3.8, 4) is 0 Å². The number of hydrogen-bond acceptors (Lipinski definition) is 4. The van der Waals surface area contributed by atoms with Gasteiger partial charge in [-0.05, 0) is 17.7 Å². The molecule has 10 heteroatoms. The van der Waals surface area contributed by atoms with Crippen LogP contribution in [-0.2, 0) is 12.7 Å². The summed E-state index contributed by atoms with van der Waals surface area (Å²) in [6.45, 7) is 0.861. The van der Waals surface area contributed by atoms with Crippen LogP contribution >= 0.6 is 0 Å². The summed E-state index contributed by atoms with van der Waals surface area (Å²) in [6.07, 6.45) is -5.78. The molecule has 1 heterocycles. The van der Waals surface area contributed by atoms with Crippen molar-refractivity contribution in [1.29, 1.82) is 0 Å². The van der Waals surface area contributed by atoms with Gasteiger partial charge in [-0.3, -0.25) is 4.90 Å². The molecule has 1 aromatic carbocycles. The largest absolute Gasteiger partial charge is 0.478 e. The lowest BCUT2D eigenvalue weighted by molar-refractivity contribution is -0.138. The highest BCUT2D eigenvalue weighted by Crippen LogP contribution is 2.35. The van der Waals surface area contributed by atoms with Crippen molar-refractivity contribution in [3.05, 3.63) is 28.8 Å². The minimum Gasteiger partial charge on any atom is -0.478 e. The molecule has 0 aromatic heterocycles. The number of carbonyl (C=O) groups is 2. The Bertz CT molecular complexity index is 655. The van der Waals surface area contributed by atoms with Gasteiger partial charge in [0.1, 0.15) is 0 Å². The predicted molar refractivity (Wildman–Crippen MR) is 77.7 cm³/mol. The van der Waals surface area contributed by atoms with Crippen LogP contribution in [0.15, 0.2) is 12.1 Å². The number of aromatic carboxylic acids is 1. The SMILES string of the molecule is Nc1cc(CN2CCN(C(=O)O)CC2)c(C(F)(F)F)cc1C(=O)O. The maximum atomic E-state index is 13.2. The smallest absolute Gasteiger partial charge is 0.416 e. The van der Waals surface area contributed by atoms with E-state index in [2.05, 4.69) is 0 Å². The Morgan fingerprint density at radius 1 is 1.12 bits per heavy atom. The van der Waals surface area contributed by atoms with Crippen molar-refractivity contribution in [2.24, 2.45) is 0 Å². The Balaban J connectivity index is 2.25. The monoisotopic (exact) mass is 347 g/mol. The first-order chi connectivity index (χ1) is 11.1. The van der Waals surface area contributed by atoms with Crippen molar-refractivity contribution >= 4 is 17.7 Å². The maximum Gasteiger partial charge on any atom is 0.416 e. The Hall–Kier alpha value is -2.49. The van der Waals surface area contributed by atoms with Crippen LogP contribution in [0.3, 0.4) is 0 Å². The van der Waals surface area contributed by atoms with Crippen LogP contribution in [0, 0.1) is 0 Å². The number of nitrogens with two attached hydrogens (primary N) is 1. The first-order valence-electron chi connectivity index (χ1n) is 7.02. The average molecular weight is 347 g/mol. The van der Waals surface area contributed by atoms with E-state index in [0.717, 1.165) is 6.07 Å². The molecule has 1 saturated heterocycles. The van der Waals surface area contributed by atoms with Gasteiger partial charge in [0.2, 0.25) is 0 Å². The number of benzene rings is 1. The minimum absolute atomic E-state index is 0.0909. The van der Waals surface area contributed by atoms with E-state index < -0.39 is 29.4 Å². The number of carboxylic acids is 1. The van der Waals surface area contributed by atoms with Gasteiger partial charge in [-0.25, -0.2) is 9.59 Å². The third-order valence-electron chi connectivity index (χ3n) is 3.85. The van der Waals surface area contributed by atoms with Gasteiger partial charge < -0.3 is 20.8 Å². The Morgan fingerprint density at radius 2 is 1.71 bits per heavy atom.